The lowest BCUT2D eigenvalue weighted by Crippen LogP contribution is -2.36. The van der Waals surface area contributed by atoms with Crippen LogP contribution in [0.5, 0.6) is 11.5 Å². The summed E-state index contributed by atoms with van der Waals surface area (Å²) in [6.45, 7) is 4.70. The first-order valence-corrected chi connectivity index (χ1v) is 12.7. The van der Waals surface area contributed by atoms with E-state index in [1.165, 1.54) is 0 Å². The van der Waals surface area contributed by atoms with Gasteiger partial charge < -0.3 is 24.3 Å². The molecule has 8 heteroatoms. The number of carbonyl (C=O) groups excluding carboxylic acids is 2. The predicted octanol–water partition coefficient (Wildman–Crippen LogP) is 5.30. The van der Waals surface area contributed by atoms with Crippen molar-refractivity contribution in [2.24, 2.45) is 0 Å². The molecule has 7 nitrogen and oxygen atoms in total. The summed E-state index contributed by atoms with van der Waals surface area (Å²) in [5.74, 6) is 0.131. The number of allylic oxidation sites excluding steroid dienone is 3. The maximum Gasteiger partial charge on any atom is 0.336 e. The Balaban J connectivity index is 1.71. The van der Waals surface area contributed by atoms with E-state index in [9.17, 15) is 9.59 Å². The highest BCUT2D eigenvalue weighted by atomic mass is 35.5. The lowest BCUT2D eigenvalue weighted by atomic mass is 9.71. The van der Waals surface area contributed by atoms with Crippen LogP contribution in [0.15, 0.2) is 65.0 Å². The number of esters is 1. The first-order chi connectivity index (χ1) is 17.9. The molecule has 2 atom stereocenters. The van der Waals surface area contributed by atoms with Gasteiger partial charge in [0.05, 0.1) is 26.4 Å². The minimum Gasteiger partial charge on any atom is -0.493 e. The normalized spacial score (nSPS) is 19.3. The van der Waals surface area contributed by atoms with Gasteiger partial charge in [-0.05, 0) is 61.6 Å². The Kier molecular flexibility index (Phi) is 8.56. The molecule has 2 aromatic rings. The van der Waals surface area contributed by atoms with Gasteiger partial charge in [-0.25, -0.2) is 4.79 Å². The first-order valence-electron chi connectivity index (χ1n) is 12.3. The molecule has 2 aliphatic rings. The molecule has 2 aromatic carbocycles. The summed E-state index contributed by atoms with van der Waals surface area (Å²) in [5, 5.41) is 3.90. The second-order valence-electron chi connectivity index (χ2n) is 9.02. The standard InChI is InChI=1S/C29H32ClNO6/c1-5-36-11-12-37-29(33)26-17(2)31-22-14-20(18-9-10-24(34-3)25(16-18)35-4)15-23(32)28(22)27(26)19-7-6-8-21(30)13-19/h6-10,13,16,20,27,31H,5,11-12,14-15H2,1-4H3/t20-,27+/m0/s1. The molecule has 0 saturated carbocycles. The molecule has 1 aliphatic carbocycles. The fourth-order valence-electron chi connectivity index (χ4n) is 5.09. The van der Waals surface area contributed by atoms with E-state index in [1.807, 2.05) is 44.2 Å². The van der Waals surface area contributed by atoms with Crippen LogP contribution in [-0.4, -0.2) is 45.8 Å². The Hall–Kier alpha value is -3.29. The molecule has 0 aromatic heterocycles. The van der Waals surface area contributed by atoms with Gasteiger partial charge in [-0.3, -0.25) is 4.79 Å². The average Bonchev–Trinajstić information content (AvgIpc) is 2.89. The second kappa shape index (κ2) is 11.8. The summed E-state index contributed by atoms with van der Waals surface area (Å²) < 4.78 is 21.7. The molecule has 0 spiro atoms. The van der Waals surface area contributed by atoms with Crippen LogP contribution in [0.3, 0.4) is 0 Å². The highest BCUT2D eigenvalue weighted by molar-refractivity contribution is 6.30. The van der Waals surface area contributed by atoms with E-state index in [-0.39, 0.29) is 18.3 Å². The Bertz CT molecular complexity index is 1250. The number of dihydropyridines is 1. The Morgan fingerprint density at radius 2 is 1.81 bits per heavy atom. The van der Waals surface area contributed by atoms with E-state index in [0.717, 1.165) is 16.8 Å². The van der Waals surface area contributed by atoms with Crippen LogP contribution >= 0.6 is 11.6 Å². The third-order valence-corrected chi connectivity index (χ3v) is 7.01. The van der Waals surface area contributed by atoms with Crippen molar-refractivity contribution in [3.63, 3.8) is 0 Å². The number of carbonyl (C=O) groups is 2. The van der Waals surface area contributed by atoms with E-state index >= 15 is 0 Å². The molecule has 1 aliphatic heterocycles. The SMILES string of the molecule is CCOCCOC(=O)C1=C(C)NC2=C(C(=O)C[C@@H](c3ccc(OC)c(OC)c3)C2)[C@@H]1c1cccc(Cl)c1. The quantitative estimate of drug-likeness (QED) is 0.351. The number of benzene rings is 2. The van der Waals surface area contributed by atoms with Crippen LogP contribution in [0.25, 0.3) is 0 Å². The van der Waals surface area contributed by atoms with E-state index in [0.29, 0.717) is 59.4 Å². The van der Waals surface area contributed by atoms with Gasteiger partial charge in [0, 0.05) is 40.9 Å². The fourth-order valence-corrected chi connectivity index (χ4v) is 5.29. The molecule has 0 unspecified atom stereocenters. The van der Waals surface area contributed by atoms with E-state index in [4.69, 9.17) is 30.5 Å². The summed E-state index contributed by atoms with van der Waals surface area (Å²) in [6.07, 6.45) is 0.913. The summed E-state index contributed by atoms with van der Waals surface area (Å²) >= 11 is 6.33. The number of nitrogens with one attached hydrogen (secondary N) is 1. The van der Waals surface area contributed by atoms with Crippen LogP contribution < -0.4 is 14.8 Å². The minimum absolute atomic E-state index is 0.0226. The zero-order chi connectivity index (χ0) is 26.5. The molecule has 196 valence electrons. The predicted molar refractivity (Wildman–Crippen MR) is 141 cm³/mol. The average molecular weight is 526 g/mol. The smallest absolute Gasteiger partial charge is 0.336 e. The summed E-state index contributed by atoms with van der Waals surface area (Å²) in [4.78, 5) is 27.0. The number of hydrogen-bond donors (Lipinski definition) is 1. The molecule has 1 heterocycles. The van der Waals surface area contributed by atoms with Crippen molar-refractivity contribution in [1.82, 2.24) is 5.32 Å². The highest BCUT2D eigenvalue weighted by Crippen LogP contribution is 2.46. The molecule has 0 radical (unpaired) electrons. The monoisotopic (exact) mass is 525 g/mol. The fraction of sp³-hybridized carbons (Fsp3) is 0.379. The van der Waals surface area contributed by atoms with Gasteiger partial charge in [0.1, 0.15) is 6.61 Å². The van der Waals surface area contributed by atoms with Gasteiger partial charge in [0.2, 0.25) is 0 Å². The van der Waals surface area contributed by atoms with Crippen molar-refractivity contribution in [2.75, 3.05) is 34.0 Å². The molecule has 0 amide bonds. The lowest BCUT2D eigenvalue weighted by molar-refractivity contribution is -0.140. The largest absolute Gasteiger partial charge is 0.493 e. The number of halogens is 1. The topological polar surface area (TPSA) is 83.1 Å². The molecule has 0 fully saturated rings. The van der Waals surface area contributed by atoms with Crippen LogP contribution in [0.2, 0.25) is 5.02 Å². The zero-order valence-electron chi connectivity index (χ0n) is 21.6. The van der Waals surface area contributed by atoms with E-state index in [2.05, 4.69) is 5.32 Å². The number of ketones is 1. The third kappa shape index (κ3) is 5.68. The van der Waals surface area contributed by atoms with Crippen molar-refractivity contribution in [3.8, 4) is 11.5 Å². The molecule has 37 heavy (non-hydrogen) atoms. The van der Waals surface area contributed by atoms with Crippen molar-refractivity contribution in [2.45, 2.75) is 38.5 Å². The van der Waals surface area contributed by atoms with Crippen molar-refractivity contribution < 1.29 is 28.5 Å². The maximum atomic E-state index is 13.8. The van der Waals surface area contributed by atoms with Crippen molar-refractivity contribution in [1.29, 1.82) is 0 Å². The van der Waals surface area contributed by atoms with Gasteiger partial charge in [-0.1, -0.05) is 29.8 Å². The van der Waals surface area contributed by atoms with E-state index < -0.39 is 11.9 Å². The molecule has 0 bridgehead atoms. The number of rotatable bonds is 9. The zero-order valence-corrected chi connectivity index (χ0v) is 22.3. The highest BCUT2D eigenvalue weighted by Gasteiger charge is 2.41. The maximum absolute atomic E-state index is 13.8. The van der Waals surface area contributed by atoms with Crippen LogP contribution in [0, 0.1) is 0 Å². The summed E-state index contributed by atoms with van der Waals surface area (Å²) in [7, 11) is 3.19. The second-order valence-corrected chi connectivity index (χ2v) is 9.46. The number of hydrogen-bond acceptors (Lipinski definition) is 7. The molecule has 1 N–H and O–H groups in total. The Morgan fingerprint density at radius 3 is 2.51 bits per heavy atom. The lowest BCUT2D eigenvalue weighted by Gasteiger charge is -2.36. The minimum atomic E-state index is -0.576. The third-order valence-electron chi connectivity index (χ3n) is 6.77. The molecular weight excluding hydrogens is 494 g/mol. The van der Waals surface area contributed by atoms with Gasteiger partial charge >= 0.3 is 5.97 Å². The summed E-state index contributed by atoms with van der Waals surface area (Å²) in [5.41, 5.74) is 4.23. The number of ether oxygens (including phenoxy) is 4. The molecule has 4 rings (SSSR count). The van der Waals surface area contributed by atoms with Gasteiger partial charge in [-0.15, -0.1) is 0 Å². The van der Waals surface area contributed by atoms with Gasteiger partial charge in [0.15, 0.2) is 17.3 Å². The number of Topliss-reactive ketones (excluding diaryl/α,β-unsaturated/α-hetero) is 1. The van der Waals surface area contributed by atoms with Crippen molar-refractivity contribution >= 4 is 23.4 Å². The van der Waals surface area contributed by atoms with Crippen LogP contribution in [0.4, 0.5) is 0 Å². The van der Waals surface area contributed by atoms with Gasteiger partial charge in [0.25, 0.3) is 0 Å². The molecule has 0 saturated heterocycles. The summed E-state index contributed by atoms with van der Waals surface area (Å²) in [6, 6.07) is 13.0. The van der Waals surface area contributed by atoms with Crippen molar-refractivity contribution in [3.05, 3.63) is 81.2 Å². The van der Waals surface area contributed by atoms with Crippen LogP contribution in [-0.2, 0) is 19.1 Å². The number of methoxy groups -OCH3 is 2. The Morgan fingerprint density at radius 1 is 1.03 bits per heavy atom. The molecular formula is C29H32ClNO6. The Labute approximate surface area is 222 Å². The van der Waals surface area contributed by atoms with E-state index in [1.54, 1.807) is 26.4 Å². The first kappa shape index (κ1) is 26.8. The van der Waals surface area contributed by atoms with Crippen LogP contribution in [0.1, 0.15) is 49.7 Å². The van der Waals surface area contributed by atoms with Gasteiger partial charge in [-0.2, -0.15) is 0 Å².